The van der Waals surface area contributed by atoms with Gasteiger partial charge in [-0.05, 0) is 68.7 Å². The highest BCUT2D eigenvalue weighted by Gasteiger charge is 2.33. The SMILES string of the molecule is CCCCNC(=O)[C@@H](CC)N(Cc1ccc(F)cc1)C(=O)CN(c1ccc(C)cc1)S(=O)(=O)c1ccc(C)cc1. The molecule has 0 saturated heterocycles. The maximum Gasteiger partial charge on any atom is 0.264 e. The van der Waals surface area contributed by atoms with E-state index in [1.54, 1.807) is 55.5 Å². The van der Waals surface area contributed by atoms with Crippen LogP contribution < -0.4 is 9.62 Å². The van der Waals surface area contributed by atoms with Gasteiger partial charge in [-0.3, -0.25) is 13.9 Å². The molecule has 1 atom stereocenters. The second-order valence-electron chi connectivity index (χ2n) is 9.88. The van der Waals surface area contributed by atoms with Crippen molar-refractivity contribution in [3.05, 3.63) is 95.3 Å². The number of halogens is 1. The fourth-order valence-electron chi connectivity index (χ4n) is 4.29. The molecule has 214 valence electrons. The molecule has 1 N–H and O–H groups in total. The first-order chi connectivity index (χ1) is 19.1. The number of amides is 2. The van der Waals surface area contributed by atoms with Crippen LogP contribution in [-0.2, 0) is 26.2 Å². The first-order valence-corrected chi connectivity index (χ1v) is 15.0. The Bertz CT molecular complexity index is 1380. The minimum atomic E-state index is -4.13. The van der Waals surface area contributed by atoms with E-state index in [1.165, 1.54) is 29.2 Å². The molecule has 0 radical (unpaired) electrons. The van der Waals surface area contributed by atoms with Gasteiger partial charge in [-0.2, -0.15) is 0 Å². The Kier molecular flexibility index (Phi) is 10.8. The van der Waals surface area contributed by atoms with Crippen LogP contribution in [0, 0.1) is 19.7 Å². The number of sulfonamides is 1. The monoisotopic (exact) mass is 567 g/mol. The maximum absolute atomic E-state index is 14.0. The van der Waals surface area contributed by atoms with E-state index < -0.39 is 34.3 Å². The molecule has 7 nitrogen and oxygen atoms in total. The lowest BCUT2D eigenvalue weighted by molar-refractivity contribution is -0.140. The Hall–Kier alpha value is -3.72. The number of nitrogens with zero attached hydrogens (tertiary/aromatic N) is 2. The molecule has 0 saturated carbocycles. The van der Waals surface area contributed by atoms with Gasteiger partial charge in [-0.1, -0.05) is 67.8 Å². The molecule has 0 heterocycles. The van der Waals surface area contributed by atoms with Crippen LogP contribution >= 0.6 is 0 Å². The highest BCUT2D eigenvalue weighted by atomic mass is 32.2. The Morgan fingerprint density at radius 1 is 0.875 bits per heavy atom. The normalized spacial score (nSPS) is 12.0. The number of anilines is 1. The molecule has 9 heteroatoms. The molecular weight excluding hydrogens is 529 g/mol. The number of benzene rings is 3. The lowest BCUT2D eigenvalue weighted by atomic mass is 10.1. The van der Waals surface area contributed by atoms with E-state index in [0.717, 1.165) is 28.3 Å². The minimum absolute atomic E-state index is 0.0190. The zero-order chi connectivity index (χ0) is 29.3. The van der Waals surface area contributed by atoms with Crippen LogP contribution in [0.4, 0.5) is 10.1 Å². The molecule has 2 amide bonds. The number of hydrogen-bond donors (Lipinski definition) is 1. The summed E-state index contributed by atoms with van der Waals surface area (Å²) in [5, 5.41) is 2.89. The molecule has 0 unspecified atom stereocenters. The zero-order valence-corrected chi connectivity index (χ0v) is 24.4. The van der Waals surface area contributed by atoms with Gasteiger partial charge in [0.15, 0.2) is 0 Å². The van der Waals surface area contributed by atoms with Crippen molar-refractivity contribution in [1.29, 1.82) is 0 Å². The Labute approximate surface area is 237 Å². The summed E-state index contributed by atoms with van der Waals surface area (Å²) in [6, 6.07) is 18.2. The van der Waals surface area contributed by atoms with Crippen LogP contribution in [0.3, 0.4) is 0 Å². The van der Waals surface area contributed by atoms with Crippen LogP contribution in [0.2, 0.25) is 0 Å². The summed E-state index contributed by atoms with van der Waals surface area (Å²) in [6.07, 6.45) is 2.02. The Balaban J connectivity index is 2.02. The smallest absolute Gasteiger partial charge is 0.264 e. The molecule has 3 rings (SSSR count). The van der Waals surface area contributed by atoms with E-state index >= 15 is 0 Å². The molecule has 0 bridgehead atoms. The molecule has 40 heavy (non-hydrogen) atoms. The summed E-state index contributed by atoms with van der Waals surface area (Å²) < 4.78 is 42.4. The second kappa shape index (κ2) is 14.1. The average Bonchev–Trinajstić information content (AvgIpc) is 2.93. The van der Waals surface area contributed by atoms with Gasteiger partial charge in [-0.25, -0.2) is 12.8 Å². The van der Waals surface area contributed by atoms with Gasteiger partial charge < -0.3 is 10.2 Å². The van der Waals surface area contributed by atoms with Crippen molar-refractivity contribution in [2.24, 2.45) is 0 Å². The van der Waals surface area contributed by atoms with Gasteiger partial charge in [0.2, 0.25) is 11.8 Å². The molecule has 0 spiro atoms. The fourth-order valence-corrected chi connectivity index (χ4v) is 5.70. The lowest BCUT2D eigenvalue weighted by Crippen LogP contribution is -2.52. The topological polar surface area (TPSA) is 86.8 Å². The molecule has 0 fully saturated rings. The number of nitrogens with one attached hydrogen (secondary N) is 1. The third-order valence-corrected chi connectivity index (χ3v) is 8.48. The number of unbranched alkanes of at least 4 members (excludes halogenated alkanes) is 1. The number of rotatable bonds is 13. The predicted molar refractivity (Wildman–Crippen MR) is 156 cm³/mol. The third kappa shape index (κ3) is 7.91. The molecule has 3 aromatic rings. The highest BCUT2D eigenvalue weighted by Crippen LogP contribution is 2.25. The van der Waals surface area contributed by atoms with Crippen molar-refractivity contribution in [3.8, 4) is 0 Å². The molecule has 0 aliphatic rings. The van der Waals surface area contributed by atoms with Crippen molar-refractivity contribution in [1.82, 2.24) is 10.2 Å². The molecule has 0 aromatic heterocycles. The largest absolute Gasteiger partial charge is 0.354 e. The number of carbonyl (C=O) groups excluding carboxylic acids is 2. The summed E-state index contributed by atoms with van der Waals surface area (Å²) in [7, 11) is -4.13. The van der Waals surface area contributed by atoms with Crippen molar-refractivity contribution in [2.75, 3.05) is 17.4 Å². The lowest BCUT2D eigenvalue weighted by Gasteiger charge is -2.33. The fraction of sp³-hybridized carbons (Fsp3) is 0.355. The van der Waals surface area contributed by atoms with Crippen molar-refractivity contribution in [2.45, 2.75) is 64.4 Å². The van der Waals surface area contributed by atoms with Crippen LogP contribution in [0.5, 0.6) is 0 Å². The van der Waals surface area contributed by atoms with E-state index in [2.05, 4.69) is 5.32 Å². The van der Waals surface area contributed by atoms with E-state index in [9.17, 15) is 22.4 Å². The van der Waals surface area contributed by atoms with Gasteiger partial charge in [0.05, 0.1) is 10.6 Å². The van der Waals surface area contributed by atoms with E-state index in [1.807, 2.05) is 20.8 Å². The minimum Gasteiger partial charge on any atom is -0.354 e. The summed E-state index contributed by atoms with van der Waals surface area (Å²) in [5.74, 6) is -1.27. The summed E-state index contributed by atoms with van der Waals surface area (Å²) >= 11 is 0. The Morgan fingerprint density at radius 3 is 2.00 bits per heavy atom. The van der Waals surface area contributed by atoms with E-state index in [0.29, 0.717) is 24.2 Å². The molecular formula is C31H38FN3O4S. The standard InChI is InChI=1S/C31H38FN3O4S/c1-5-7-20-33-31(37)29(6-2)34(21-25-12-14-26(32)15-13-25)30(36)22-35(27-16-8-23(3)9-17-27)40(38,39)28-18-10-24(4)11-19-28/h8-19,29H,5-7,20-22H2,1-4H3,(H,33,37)/t29-/m1/s1. The third-order valence-electron chi connectivity index (χ3n) is 6.69. The van der Waals surface area contributed by atoms with E-state index in [4.69, 9.17) is 0 Å². The van der Waals surface area contributed by atoms with Gasteiger partial charge >= 0.3 is 0 Å². The summed E-state index contributed by atoms with van der Waals surface area (Å²) in [6.45, 7) is 7.55. The van der Waals surface area contributed by atoms with Gasteiger partial charge in [0.1, 0.15) is 18.4 Å². The van der Waals surface area contributed by atoms with Crippen molar-refractivity contribution in [3.63, 3.8) is 0 Å². The van der Waals surface area contributed by atoms with Gasteiger partial charge in [0.25, 0.3) is 10.0 Å². The predicted octanol–water partition coefficient (Wildman–Crippen LogP) is 5.36. The zero-order valence-electron chi connectivity index (χ0n) is 23.6. The van der Waals surface area contributed by atoms with Gasteiger partial charge in [0, 0.05) is 13.1 Å². The Morgan fingerprint density at radius 2 is 1.45 bits per heavy atom. The maximum atomic E-state index is 14.0. The van der Waals surface area contributed by atoms with Crippen LogP contribution in [0.25, 0.3) is 0 Å². The van der Waals surface area contributed by atoms with Crippen LogP contribution in [0.15, 0.2) is 77.7 Å². The highest BCUT2D eigenvalue weighted by molar-refractivity contribution is 7.92. The van der Waals surface area contributed by atoms with Crippen molar-refractivity contribution < 1.29 is 22.4 Å². The molecule has 3 aromatic carbocycles. The molecule has 0 aliphatic carbocycles. The van der Waals surface area contributed by atoms with E-state index in [-0.39, 0.29) is 17.3 Å². The van der Waals surface area contributed by atoms with Crippen LogP contribution in [0.1, 0.15) is 49.8 Å². The number of aryl methyl sites for hydroxylation is 2. The number of carbonyl (C=O) groups is 2. The number of hydrogen-bond acceptors (Lipinski definition) is 4. The van der Waals surface area contributed by atoms with Crippen molar-refractivity contribution >= 4 is 27.5 Å². The average molecular weight is 568 g/mol. The molecule has 0 aliphatic heterocycles. The van der Waals surface area contributed by atoms with Crippen LogP contribution in [-0.4, -0.2) is 44.3 Å². The second-order valence-corrected chi connectivity index (χ2v) is 11.7. The summed E-state index contributed by atoms with van der Waals surface area (Å²) in [5.41, 5.74) is 2.80. The van der Waals surface area contributed by atoms with Gasteiger partial charge in [-0.15, -0.1) is 0 Å². The first-order valence-electron chi connectivity index (χ1n) is 13.5. The quantitative estimate of drug-likeness (QED) is 0.282. The first kappa shape index (κ1) is 30.8. The summed E-state index contributed by atoms with van der Waals surface area (Å²) in [4.78, 5) is 28.6.